The Labute approximate surface area is 152 Å². The molecule has 2 heterocycles. The van der Waals surface area contributed by atoms with Crippen molar-refractivity contribution in [2.24, 2.45) is 11.8 Å². The number of ether oxygens (including phenoxy) is 1. The van der Waals surface area contributed by atoms with Crippen LogP contribution >= 0.6 is 0 Å². The fraction of sp³-hybridized carbons (Fsp3) is 0.900. The normalized spacial score (nSPS) is 26.8. The molecule has 5 nitrogen and oxygen atoms in total. The molecule has 0 aromatic carbocycles. The molecule has 142 valence electrons. The van der Waals surface area contributed by atoms with Crippen LogP contribution in [0, 0.1) is 11.8 Å². The van der Waals surface area contributed by atoms with Crippen LogP contribution in [-0.2, 0) is 14.3 Å². The van der Waals surface area contributed by atoms with Crippen LogP contribution in [0.25, 0.3) is 0 Å². The molecule has 3 fully saturated rings. The van der Waals surface area contributed by atoms with E-state index in [4.69, 9.17) is 4.74 Å². The molecule has 0 radical (unpaired) electrons. The van der Waals surface area contributed by atoms with Crippen molar-refractivity contribution in [3.05, 3.63) is 0 Å². The van der Waals surface area contributed by atoms with Crippen molar-refractivity contribution in [3.63, 3.8) is 0 Å². The van der Waals surface area contributed by atoms with Crippen molar-refractivity contribution in [1.29, 1.82) is 0 Å². The summed E-state index contributed by atoms with van der Waals surface area (Å²) in [7, 11) is 0. The van der Waals surface area contributed by atoms with E-state index < -0.39 is 0 Å². The van der Waals surface area contributed by atoms with Crippen LogP contribution in [0.2, 0.25) is 0 Å². The number of piperidine rings is 1. The largest absolute Gasteiger partial charge is 0.466 e. The van der Waals surface area contributed by atoms with Gasteiger partial charge in [-0.05, 0) is 57.9 Å². The van der Waals surface area contributed by atoms with Gasteiger partial charge in [0, 0.05) is 19.1 Å². The summed E-state index contributed by atoms with van der Waals surface area (Å²) in [6.07, 6.45) is 10.8. The molecule has 1 saturated carbocycles. The Balaban J connectivity index is 1.46. The first-order chi connectivity index (χ1) is 12.2. The summed E-state index contributed by atoms with van der Waals surface area (Å²) in [6, 6.07) is 0.626. The zero-order valence-electron chi connectivity index (χ0n) is 15.8. The highest BCUT2D eigenvalue weighted by Crippen LogP contribution is 2.34. The van der Waals surface area contributed by atoms with Crippen LogP contribution < -0.4 is 0 Å². The molecule has 25 heavy (non-hydrogen) atoms. The second-order valence-electron chi connectivity index (χ2n) is 7.99. The Bertz CT molecular complexity index is 454. The topological polar surface area (TPSA) is 49.9 Å². The molecule has 0 aromatic rings. The maximum atomic E-state index is 12.8. The molecular weight excluding hydrogens is 316 g/mol. The minimum Gasteiger partial charge on any atom is -0.466 e. The molecule has 2 aliphatic heterocycles. The van der Waals surface area contributed by atoms with Crippen molar-refractivity contribution in [1.82, 2.24) is 9.80 Å². The van der Waals surface area contributed by atoms with Crippen LogP contribution in [-0.4, -0.2) is 60.5 Å². The van der Waals surface area contributed by atoms with Crippen LogP contribution in [0.5, 0.6) is 0 Å². The fourth-order valence-corrected chi connectivity index (χ4v) is 5.00. The van der Waals surface area contributed by atoms with E-state index in [-0.39, 0.29) is 17.8 Å². The van der Waals surface area contributed by atoms with Gasteiger partial charge in [0.2, 0.25) is 5.91 Å². The van der Waals surface area contributed by atoms with Gasteiger partial charge in [-0.15, -0.1) is 0 Å². The molecule has 1 amide bonds. The van der Waals surface area contributed by atoms with Gasteiger partial charge in [-0.3, -0.25) is 14.5 Å². The zero-order valence-corrected chi connectivity index (χ0v) is 15.8. The molecule has 0 unspecified atom stereocenters. The fourth-order valence-electron chi connectivity index (χ4n) is 5.00. The highest BCUT2D eigenvalue weighted by atomic mass is 16.5. The van der Waals surface area contributed by atoms with Gasteiger partial charge in [0.05, 0.1) is 19.1 Å². The number of carbonyl (C=O) groups is 2. The van der Waals surface area contributed by atoms with E-state index in [1.807, 2.05) is 11.8 Å². The van der Waals surface area contributed by atoms with E-state index in [2.05, 4.69) is 4.90 Å². The Morgan fingerprint density at radius 2 is 1.64 bits per heavy atom. The third kappa shape index (κ3) is 4.75. The van der Waals surface area contributed by atoms with Crippen LogP contribution in [0.4, 0.5) is 0 Å². The van der Waals surface area contributed by atoms with Crippen molar-refractivity contribution >= 4 is 11.9 Å². The van der Waals surface area contributed by atoms with Gasteiger partial charge in [0.1, 0.15) is 0 Å². The molecule has 3 aliphatic rings. The van der Waals surface area contributed by atoms with E-state index >= 15 is 0 Å². The van der Waals surface area contributed by atoms with Crippen molar-refractivity contribution in [2.45, 2.75) is 70.8 Å². The summed E-state index contributed by atoms with van der Waals surface area (Å²) in [5.41, 5.74) is 0. The summed E-state index contributed by atoms with van der Waals surface area (Å²) in [4.78, 5) is 29.0. The molecule has 5 heteroatoms. The van der Waals surface area contributed by atoms with Crippen LogP contribution in [0.3, 0.4) is 0 Å². The first-order valence-electron chi connectivity index (χ1n) is 10.4. The Kier molecular flexibility index (Phi) is 6.74. The van der Waals surface area contributed by atoms with Gasteiger partial charge in [-0.2, -0.15) is 0 Å². The van der Waals surface area contributed by atoms with Gasteiger partial charge in [0.15, 0.2) is 0 Å². The smallest absolute Gasteiger partial charge is 0.309 e. The number of hydrogen-bond acceptors (Lipinski definition) is 4. The average molecular weight is 351 g/mol. The van der Waals surface area contributed by atoms with E-state index in [1.54, 1.807) is 0 Å². The number of likely N-dealkylation sites (tertiary alicyclic amines) is 2. The minimum atomic E-state index is -0.0912. The molecule has 0 bridgehead atoms. The maximum absolute atomic E-state index is 12.8. The molecule has 1 aliphatic carbocycles. The monoisotopic (exact) mass is 350 g/mol. The highest BCUT2D eigenvalue weighted by molar-refractivity contribution is 5.79. The summed E-state index contributed by atoms with van der Waals surface area (Å²) in [5.74, 6) is 0.945. The summed E-state index contributed by atoms with van der Waals surface area (Å²) in [5, 5.41) is 0. The lowest BCUT2D eigenvalue weighted by Crippen LogP contribution is -2.47. The number of esters is 1. The van der Waals surface area contributed by atoms with Crippen molar-refractivity contribution < 1.29 is 14.3 Å². The first-order valence-corrected chi connectivity index (χ1v) is 10.4. The van der Waals surface area contributed by atoms with Gasteiger partial charge in [-0.25, -0.2) is 0 Å². The third-order valence-corrected chi connectivity index (χ3v) is 6.41. The summed E-state index contributed by atoms with van der Waals surface area (Å²) < 4.78 is 5.12. The Hall–Kier alpha value is -1.10. The SMILES string of the molecule is CCOC(=O)C1CCN(C(=O)CN2CCC[C@H]2C2CCCCC2)CC1. The number of nitrogens with zero attached hydrogens (tertiary/aromatic N) is 2. The molecular formula is C20H34N2O3. The minimum absolute atomic E-state index is 0.0224. The van der Waals surface area contributed by atoms with Crippen molar-refractivity contribution in [3.8, 4) is 0 Å². The average Bonchev–Trinajstić information content (AvgIpc) is 3.11. The van der Waals surface area contributed by atoms with E-state index in [0.717, 1.165) is 25.3 Å². The number of rotatable bonds is 5. The third-order valence-electron chi connectivity index (χ3n) is 6.41. The lowest BCUT2D eigenvalue weighted by molar-refractivity contribution is -0.151. The van der Waals surface area contributed by atoms with Crippen molar-refractivity contribution in [2.75, 3.05) is 32.8 Å². The predicted octanol–water partition coefficient (Wildman–Crippen LogP) is 2.83. The van der Waals surface area contributed by atoms with Gasteiger partial charge in [0.25, 0.3) is 0 Å². The Morgan fingerprint density at radius 3 is 2.32 bits per heavy atom. The number of amides is 1. The van der Waals surface area contributed by atoms with E-state index in [0.29, 0.717) is 32.3 Å². The summed E-state index contributed by atoms with van der Waals surface area (Å²) in [6.45, 7) is 5.33. The Morgan fingerprint density at radius 1 is 0.920 bits per heavy atom. The molecule has 0 spiro atoms. The highest BCUT2D eigenvalue weighted by Gasteiger charge is 2.35. The molecule has 2 saturated heterocycles. The number of carbonyl (C=O) groups excluding carboxylic acids is 2. The standard InChI is InChI=1S/C20H34N2O3/c1-2-25-20(24)17-10-13-21(14-11-17)19(23)15-22-12-6-9-18(22)16-7-4-3-5-8-16/h16-18H,2-15H2,1H3/t18-/m0/s1. The molecule has 0 N–H and O–H groups in total. The van der Waals surface area contributed by atoms with Gasteiger partial charge < -0.3 is 9.64 Å². The second kappa shape index (κ2) is 9.02. The summed E-state index contributed by atoms with van der Waals surface area (Å²) >= 11 is 0. The molecule has 0 aromatic heterocycles. The quantitative estimate of drug-likeness (QED) is 0.716. The van der Waals surface area contributed by atoms with Crippen LogP contribution in [0.1, 0.15) is 64.7 Å². The molecule has 3 rings (SSSR count). The first kappa shape index (κ1) is 18.7. The van der Waals surface area contributed by atoms with Crippen LogP contribution in [0.15, 0.2) is 0 Å². The molecule has 1 atom stereocenters. The maximum Gasteiger partial charge on any atom is 0.309 e. The van der Waals surface area contributed by atoms with Gasteiger partial charge >= 0.3 is 5.97 Å². The lowest BCUT2D eigenvalue weighted by Gasteiger charge is -2.36. The predicted molar refractivity (Wildman–Crippen MR) is 97.1 cm³/mol. The zero-order chi connectivity index (χ0) is 17.6. The lowest BCUT2D eigenvalue weighted by atomic mass is 9.83. The second-order valence-corrected chi connectivity index (χ2v) is 7.99. The van der Waals surface area contributed by atoms with Gasteiger partial charge in [-0.1, -0.05) is 19.3 Å². The van der Waals surface area contributed by atoms with E-state index in [9.17, 15) is 9.59 Å². The number of hydrogen-bond donors (Lipinski definition) is 0. The van der Waals surface area contributed by atoms with E-state index in [1.165, 1.54) is 44.9 Å².